The third kappa shape index (κ3) is 2.07. The Morgan fingerprint density at radius 2 is 2.12 bits per heavy atom. The first-order valence-electron chi connectivity index (χ1n) is 5.98. The monoisotopic (exact) mass is 237 g/mol. The molecule has 0 aliphatic heterocycles. The molecule has 0 saturated heterocycles. The fourth-order valence-electron chi connectivity index (χ4n) is 2.71. The summed E-state index contributed by atoms with van der Waals surface area (Å²) in [7, 11) is 3.20. The van der Waals surface area contributed by atoms with Gasteiger partial charge in [-0.1, -0.05) is 19.3 Å². The van der Waals surface area contributed by atoms with Gasteiger partial charge >= 0.3 is 5.97 Å². The van der Waals surface area contributed by atoms with Crippen LogP contribution in [0.25, 0.3) is 0 Å². The standard InChI is InChI=1S/C12H19N3O2/c1-15-10(9(8-14-15)11(16)17-2)12(13)6-4-3-5-7-12/h8H,3-7,13H2,1-2H3. The molecule has 1 aromatic rings. The van der Waals surface area contributed by atoms with E-state index in [0.29, 0.717) is 5.56 Å². The average molecular weight is 237 g/mol. The second-order valence-corrected chi connectivity index (χ2v) is 4.74. The van der Waals surface area contributed by atoms with Crippen LogP contribution in [0.3, 0.4) is 0 Å². The Kier molecular flexibility index (Phi) is 3.19. The molecule has 0 unspecified atom stereocenters. The van der Waals surface area contributed by atoms with Crippen molar-refractivity contribution >= 4 is 5.97 Å². The minimum Gasteiger partial charge on any atom is -0.465 e. The molecule has 94 valence electrons. The molecule has 2 rings (SSSR count). The first-order valence-corrected chi connectivity index (χ1v) is 5.98. The van der Waals surface area contributed by atoms with E-state index in [9.17, 15) is 4.79 Å². The highest BCUT2D eigenvalue weighted by Gasteiger charge is 2.36. The molecule has 1 saturated carbocycles. The molecule has 17 heavy (non-hydrogen) atoms. The fraction of sp³-hybridized carbons (Fsp3) is 0.667. The zero-order valence-corrected chi connectivity index (χ0v) is 10.4. The number of rotatable bonds is 2. The van der Waals surface area contributed by atoms with Gasteiger partial charge in [-0.2, -0.15) is 5.10 Å². The van der Waals surface area contributed by atoms with Gasteiger partial charge in [0, 0.05) is 7.05 Å². The van der Waals surface area contributed by atoms with Crippen LogP contribution in [0.5, 0.6) is 0 Å². The number of methoxy groups -OCH3 is 1. The van der Waals surface area contributed by atoms with Crippen molar-refractivity contribution in [1.82, 2.24) is 9.78 Å². The average Bonchev–Trinajstić information content (AvgIpc) is 2.72. The highest BCUT2D eigenvalue weighted by atomic mass is 16.5. The number of carbonyl (C=O) groups excluding carboxylic acids is 1. The van der Waals surface area contributed by atoms with Crippen LogP contribution in [0, 0.1) is 0 Å². The van der Waals surface area contributed by atoms with E-state index in [1.807, 2.05) is 7.05 Å². The van der Waals surface area contributed by atoms with E-state index in [2.05, 4.69) is 5.10 Å². The smallest absolute Gasteiger partial charge is 0.341 e. The number of hydrogen-bond acceptors (Lipinski definition) is 4. The summed E-state index contributed by atoms with van der Waals surface area (Å²) in [5.74, 6) is -0.358. The summed E-state index contributed by atoms with van der Waals surface area (Å²) in [6.07, 6.45) is 6.76. The summed E-state index contributed by atoms with van der Waals surface area (Å²) in [6.45, 7) is 0. The largest absolute Gasteiger partial charge is 0.465 e. The number of esters is 1. The van der Waals surface area contributed by atoms with Crippen molar-refractivity contribution in [1.29, 1.82) is 0 Å². The number of nitrogens with two attached hydrogens (primary N) is 1. The van der Waals surface area contributed by atoms with Crippen molar-refractivity contribution in [3.8, 4) is 0 Å². The van der Waals surface area contributed by atoms with E-state index < -0.39 is 5.54 Å². The number of nitrogens with zero attached hydrogens (tertiary/aromatic N) is 2. The maximum absolute atomic E-state index is 11.7. The maximum atomic E-state index is 11.7. The van der Waals surface area contributed by atoms with Crippen LogP contribution >= 0.6 is 0 Å². The summed E-state index contributed by atoms with van der Waals surface area (Å²) in [6, 6.07) is 0. The van der Waals surface area contributed by atoms with E-state index >= 15 is 0 Å². The molecule has 0 aromatic carbocycles. The van der Waals surface area contributed by atoms with Crippen LogP contribution in [-0.4, -0.2) is 22.9 Å². The Labute approximate surface area is 101 Å². The Bertz CT molecular complexity index is 419. The predicted octanol–water partition coefficient (Wildman–Crippen LogP) is 1.32. The van der Waals surface area contributed by atoms with E-state index in [1.54, 1.807) is 10.9 Å². The van der Waals surface area contributed by atoms with Crippen LogP contribution < -0.4 is 5.73 Å². The lowest BCUT2D eigenvalue weighted by molar-refractivity contribution is 0.0596. The Morgan fingerprint density at radius 1 is 1.47 bits per heavy atom. The molecule has 0 bridgehead atoms. The van der Waals surface area contributed by atoms with Crippen LogP contribution in [0.15, 0.2) is 6.20 Å². The second kappa shape index (κ2) is 4.49. The molecular formula is C12H19N3O2. The van der Waals surface area contributed by atoms with E-state index in [1.165, 1.54) is 13.5 Å². The zero-order chi connectivity index (χ0) is 12.5. The summed E-state index contributed by atoms with van der Waals surface area (Å²) in [5, 5.41) is 4.14. The Morgan fingerprint density at radius 3 is 2.71 bits per heavy atom. The molecule has 1 heterocycles. The van der Waals surface area contributed by atoms with Crippen LogP contribution in [-0.2, 0) is 17.3 Å². The van der Waals surface area contributed by atoms with Gasteiger partial charge in [-0.25, -0.2) is 4.79 Å². The molecule has 1 aliphatic carbocycles. The van der Waals surface area contributed by atoms with Gasteiger partial charge in [0.15, 0.2) is 0 Å². The SMILES string of the molecule is COC(=O)c1cnn(C)c1C1(N)CCCCC1. The van der Waals surface area contributed by atoms with Crippen LogP contribution in [0.2, 0.25) is 0 Å². The van der Waals surface area contributed by atoms with Gasteiger partial charge in [-0.15, -0.1) is 0 Å². The molecule has 0 amide bonds. The molecular weight excluding hydrogens is 218 g/mol. The number of ether oxygens (including phenoxy) is 1. The highest BCUT2D eigenvalue weighted by Crippen LogP contribution is 2.36. The normalized spacial score (nSPS) is 19.0. The third-order valence-electron chi connectivity index (χ3n) is 3.56. The summed E-state index contributed by atoms with van der Waals surface area (Å²) in [4.78, 5) is 11.7. The molecule has 5 heteroatoms. The molecule has 2 N–H and O–H groups in total. The second-order valence-electron chi connectivity index (χ2n) is 4.74. The van der Waals surface area contributed by atoms with Crippen LogP contribution in [0.4, 0.5) is 0 Å². The van der Waals surface area contributed by atoms with Crippen molar-refractivity contribution in [3.63, 3.8) is 0 Å². The number of aromatic nitrogens is 2. The fourth-order valence-corrected chi connectivity index (χ4v) is 2.71. The molecule has 5 nitrogen and oxygen atoms in total. The van der Waals surface area contributed by atoms with Crippen molar-refractivity contribution in [2.24, 2.45) is 12.8 Å². The first kappa shape index (κ1) is 12.1. The lowest BCUT2D eigenvalue weighted by Crippen LogP contribution is -2.41. The Balaban J connectivity index is 2.42. The molecule has 1 fully saturated rings. The third-order valence-corrected chi connectivity index (χ3v) is 3.56. The quantitative estimate of drug-likeness (QED) is 0.788. The number of hydrogen-bond donors (Lipinski definition) is 1. The van der Waals surface area contributed by atoms with Gasteiger partial charge < -0.3 is 10.5 Å². The lowest BCUT2D eigenvalue weighted by Gasteiger charge is -2.34. The molecule has 1 aromatic heterocycles. The van der Waals surface area contributed by atoms with Crippen molar-refractivity contribution < 1.29 is 9.53 Å². The van der Waals surface area contributed by atoms with Gasteiger partial charge in [0.05, 0.1) is 24.5 Å². The van der Waals surface area contributed by atoms with Crippen LogP contribution in [0.1, 0.15) is 48.2 Å². The van der Waals surface area contributed by atoms with Gasteiger partial charge in [-0.3, -0.25) is 4.68 Å². The van der Waals surface area contributed by atoms with E-state index in [-0.39, 0.29) is 5.97 Å². The summed E-state index contributed by atoms with van der Waals surface area (Å²) < 4.78 is 6.48. The topological polar surface area (TPSA) is 70.1 Å². The maximum Gasteiger partial charge on any atom is 0.341 e. The predicted molar refractivity (Wildman–Crippen MR) is 63.5 cm³/mol. The van der Waals surface area contributed by atoms with Crippen molar-refractivity contribution in [3.05, 3.63) is 17.5 Å². The summed E-state index contributed by atoms with van der Waals surface area (Å²) >= 11 is 0. The molecule has 0 radical (unpaired) electrons. The zero-order valence-electron chi connectivity index (χ0n) is 10.4. The minimum atomic E-state index is -0.437. The van der Waals surface area contributed by atoms with Gasteiger partial charge in [-0.05, 0) is 12.8 Å². The van der Waals surface area contributed by atoms with Gasteiger partial charge in [0.1, 0.15) is 5.56 Å². The molecule has 0 spiro atoms. The minimum absolute atomic E-state index is 0.358. The Hall–Kier alpha value is -1.36. The molecule has 0 atom stereocenters. The van der Waals surface area contributed by atoms with Gasteiger partial charge in [0.25, 0.3) is 0 Å². The van der Waals surface area contributed by atoms with Crippen molar-refractivity contribution in [2.45, 2.75) is 37.6 Å². The molecule has 1 aliphatic rings. The first-order chi connectivity index (χ1) is 8.08. The van der Waals surface area contributed by atoms with E-state index in [0.717, 1.165) is 31.4 Å². The summed E-state index contributed by atoms with van der Waals surface area (Å²) in [5.41, 5.74) is 7.32. The van der Waals surface area contributed by atoms with Gasteiger partial charge in [0.2, 0.25) is 0 Å². The number of carbonyl (C=O) groups is 1. The highest BCUT2D eigenvalue weighted by molar-refractivity contribution is 5.90. The van der Waals surface area contributed by atoms with Crippen molar-refractivity contribution in [2.75, 3.05) is 7.11 Å². The number of aryl methyl sites for hydroxylation is 1. The van der Waals surface area contributed by atoms with E-state index in [4.69, 9.17) is 10.5 Å². The lowest BCUT2D eigenvalue weighted by atomic mass is 9.79.